The van der Waals surface area contributed by atoms with Gasteiger partial charge < -0.3 is 4.74 Å². The van der Waals surface area contributed by atoms with Gasteiger partial charge in [-0.1, -0.05) is 24.8 Å². The molecule has 0 amide bonds. The first kappa shape index (κ1) is 10.8. The zero-order valence-corrected chi connectivity index (χ0v) is 9.26. The summed E-state index contributed by atoms with van der Waals surface area (Å²) in [4.78, 5) is 0. The topological polar surface area (TPSA) is 9.23 Å². The number of rotatable bonds is 4. The first-order valence-corrected chi connectivity index (χ1v) is 5.00. The highest BCUT2D eigenvalue weighted by molar-refractivity contribution is 5.31. The monoisotopic (exact) mass is 190 g/mol. The van der Waals surface area contributed by atoms with E-state index in [-0.39, 0.29) is 0 Å². The van der Waals surface area contributed by atoms with Gasteiger partial charge in [-0.2, -0.15) is 0 Å². The second kappa shape index (κ2) is 4.85. The fraction of sp³-hybridized carbons (Fsp3) is 0.385. The molecule has 0 atom stereocenters. The molecule has 14 heavy (non-hydrogen) atoms. The van der Waals surface area contributed by atoms with Gasteiger partial charge in [-0.05, 0) is 37.5 Å². The van der Waals surface area contributed by atoms with Crippen molar-refractivity contribution >= 4 is 0 Å². The number of ether oxygens (including phenoxy) is 1. The second-order valence-corrected chi connectivity index (χ2v) is 3.57. The summed E-state index contributed by atoms with van der Waals surface area (Å²) in [6.07, 6.45) is 0.814. The minimum Gasteiger partial charge on any atom is -0.498 e. The average Bonchev–Trinajstić information content (AvgIpc) is 2.12. The third kappa shape index (κ3) is 2.91. The average molecular weight is 190 g/mol. The Morgan fingerprint density at radius 3 is 2.57 bits per heavy atom. The van der Waals surface area contributed by atoms with E-state index in [0.717, 1.165) is 12.2 Å². The molecule has 0 heterocycles. The van der Waals surface area contributed by atoms with Crippen LogP contribution in [0.25, 0.3) is 0 Å². The van der Waals surface area contributed by atoms with Crippen LogP contribution in [0.2, 0.25) is 0 Å². The molecule has 1 aromatic rings. The van der Waals surface area contributed by atoms with Crippen molar-refractivity contribution in [1.29, 1.82) is 0 Å². The maximum Gasteiger partial charge on any atom is 0.0931 e. The lowest BCUT2D eigenvalue weighted by Crippen LogP contribution is -1.95. The molecule has 0 radical (unpaired) electrons. The van der Waals surface area contributed by atoms with E-state index in [2.05, 4.69) is 38.6 Å². The fourth-order valence-corrected chi connectivity index (χ4v) is 1.40. The maximum atomic E-state index is 5.32. The highest BCUT2D eigenvalue weighted by atomic mass is 16.5. The first-order chi connectivity index (χ1) is 6.63. The molecule has 1 heteroatoms. The lowest BCUT2D eigenvalue weighted by atomic mass is 10.0. The third-order valence-corrected chi connectivity index (χ3v) is 2.32. The zero-order valence-electron chi connectivity index (χ0n) is 9.26. The van der Waals surface area contributed by atoms with Crippen molar-refractivity contribution in [3.63, 3.8) is 0 Å². The van der Waals surface area contributed by atoms with E-state index in [0.29, 0.717) is 6.61 Å². The summed E-state index contributed by atoms with van der Waals surface area (Å²) < 4.78 is 5.32. The second-order valence-electron chi connectivity index (χ2n) is 3.57. The van der Waals surface area contributed by atoms with Crippen LogP contribution < -0.4 is 0 Å². The minimum absolute atomic E-state index is 0.698. The smallest absolute Gasteiger partial charge is 0.0931 e. The summed E-state index contributed by atoms with van der Waals surface area (Å²) in [6.45, 7) is 10.8. The summed E-state index contributed by atoms with van der Waals surface area (Å²) >= 11 is 0. The van der Waals surface area contributed by atoms with Crippen LogP contribution in [-0.4, -0.2) is 6.61 Å². The van der Waals surface area contributed by atoms with Crippen LogP contribution in [0.3, 0.4) is 0 Å². The molecule has 0 aliphatic carbocycles. The van der Waals surface area contributed by atoms with E-state index < -0.39 is 0 Å². The summed E-state index contributed by atoms with van der Waals surface area (Å²) in [6, 6.07) is 6.47. The van der Waals surface area contributed by atoms with E-state index in [9.17, 15) is 0 Å². The number of hydrogen-bond acceptors (Lipinski definition) is 1. The minimum atomic E-state index is 0.698. The van der Waals surface area contributed by atoms with Gasteiger partial charge in [0.2, 0.25) is 0 Å². The van der Waals surface area contributed by atoms with Crippen molar-refractivity contribution in [3.05, 3.63) is 47.2 Å². The van der Waals surface area contributed by atoms with Gasteiger partial charge in [0.25, 0.3) is 0 Å². The van der Waals surface area contributed by atoms with Crippen LogP contribution in [0.15, 0.2) is 30.5 Å². The highest BCUT2D eigenvalue weighted by Crippen LogP contribution is 2.13. The molecule has 0 N–H and O–H groups in total. The van der Waals surface area contributed by atoms with Crippen molar-refractivity contribution in [3.8, 4) is 0 Å². The van der Waals surface area contributed by atoms with Gasteiger partial charge in [0.15, 0.2) is 0 Å². The standard InChI is InChI=1S/C13H18O/c1-5-14-12(4)9-13-7-6-10(2)11(3)8-13/h6-8H,4-5,9H2,1-3H3. The molecule has 0 aromatic heterocycles. The molecule has 0 aliphatic heterocycles. The van der Waals surface area contributed by atoms with E-state index in [1.165, 1.54) is 16.7 Å². The Bertz CT molecular complexity index is 326. The van der Waals surface area contributed by atoms with Crippen molar-refractivity contribution in [2.75, 3.05) is 6.61 Å². The predicted molar refractivity (Wildman–Crippen MR) is 60.4 cm³/mol. The Hall–Kier alpha value is -1.24. The van der Waals surface area contributed by atoms with Gasteiger partial charge in [-0.3, -0.25) is 0 Å². The van der Waals surface area contributed by atoms with Crippen molar-refractivity contribution in [2.24, 2.45) is 0 Å². The molecule has 1 nitrogen and oxygen atoms in total. The van der Waals surface area contributed by atoms with Crippen LogP contribution in [0.1, 0.15) is 23.6 Å². The van der Waals surface area contributed by atoms with Gasteiger partial charge in [0.05, 0.1) is 12.4 Å². The Labute approximate surface area is 86.4 Å². The molecular formula is C13H18O. The van der Waals surface area contributed by atoms with Crippen molar-refractivity contribution < 1.29 is 4.74 Å². The first-order valence-electron chi connectivity index (χ1n) is 5.00. The molecule has 76 valence electrons. The lowest BCUT2D eigenvalue weighted by Gasteiger charge is -2.08. The number of benzene rings is 1. The SMILES string of the molecule is C=C(Cc1ccc(C)c(C)c1)OCC. The summed E-state index contributed by atoms with van der Waals surface area (Å²) in [5.74, 6) is 0.843. The van der Waals surface area contributed by atoms with Crippen molar-refractivity contribution in [2.45, 2.75) is 27.2 Å². The quantitative estimate of drug-likeness (QED) is 0.661. The Kier molecular flexibility index (Phi) is 3.75. The summed E-state index contributed by atoms with van der Waals surface area (Å²) in [5, 5.41) is 0. The number of allylic oxidation sites excluding steroid dienone is 1. The Balaban J connectivity index is 2.68. The molecule has 0 saturated heterocycles. The van der Waals surface area contributed by atoms with Crippen LogP contribution in [0, 0.1) is 13.8 Å². The Morgan fingerprint density at radius 2 is 2.00 bits per heavy atom. The van der Waals surface area contributed by atoms with Gasteiger partial charge in [-0.25, -0.2) is 0 Å². The van der Waals surface area contributed by atoms with E-state index in [4.69, 9.17) is 4.74 Å². The molecule has 0 spiro atoms. The van der Waals surface area contributed by atoms with Crippen LogP contribution >= 0.6 is 0 Å². The molecule has 1 rings (SSSR count). The van der Waals surface area contributed by atoms with Gasteiger partial charge in [0, 0.05) is 6.42 Å². The van der Waals surface area contributed by atoms with E-state index >= 15 is 0 Å². The number of aryl methyl sites for hydroxylation is 2. The molecule has 0 saturated carbocycles. The van der Waals surface area contributed by atoms with Gasteiger partial charge in [-0.15, -0.1) is 0 Å². The summed E-state index contributed by atoms with van der Waals surface area (Å²) in [7, 11) is 0. The molecule has 0 fully saturated rings. The largest absolute Gasteiger partial charge is 0.498 e. The van der Waals surface area contributed by atoms with E-state index in [1.54, 1.807) is 0 Å². The predicted octanol–water partition coefficient (Wildman–Crippen LogP) is 3.40. The molecule has 1 aromatic carbocycles. The number of hydrogen-bond donors (Lipinski definition) is 0. The molecular weight excluding hydrogens is 172 g/mol. The molecule has 0 aliphatic rings. The van der Waals surface area contributed by atoms with Crippen LogP contribution in [-0.2, 0) is 11.2 Å². The van der Waals surface area contributed by atoms with Crippen LogP contribution in [0.4, 0.5) is 0 Å². The highest BCUT2D eigenvalue weighted by Gasteiger charge is 1.99. The van der Waals surface area contributed by atoms with Crippen molar-refractivity contribution in [1.82, 2.24) is 0 Å². The Morgan fingerprint density at radius 1 is 1.29 bits per heavy atom. The zero-order chi connectivity index (χ0) is 10.6. The molecule has 0 unspecified atom stereocenters. The fourth-order valence-electron chi connectivity index (χ4n) is 1.40. The normalized spacial score (nSPS) is 9.93. The van der Waals surface area contributed by atoms with Gasteiger partial charge in [0.1, 0.15) is 0 Å². The maximum absolute atomic E-state index is 5.32. The lowest BCUT2D eigenvalue weighted by molar-refractivity contribution is 0.225. The molecule has 0 bridgehead atoms. The third-order valence-electron chi connectivity index (χ3n) is 2.32. The van der Waals surface area contributed by atoms with E-state index in [1.807, 2.05) is 6.92 Å². The summed E-state index contributed by atoms with van der Waals surface area (Å²) in [5.41, 5.74) is 3.93. The van der Waals surface area contributed by atoms with Crippen LogP contribution in [0.5, 0.6) is 0 Å². The van der Waals surface area contributed by atoms with Gasteiger partial charge >= 0.3 is 0 Å².